The summed E-state index contributed by atoms with van der Waals surface area (Å²) >= 11 is 0. The van der Waals surface area contributed by atoms with Crippen LogP contribution in [0.2, 0.25) is 0 Å². The summed E-state index contributed by atoms with van der Waals surface area (Å²) in [5.41, 5.74) is 3.11. The number of carbonyl (C=O) groups is 1. The Balaban J connectivity index is 1.96. The fourth-order valence-electron chi connectivity index (χ4n) is 3.29. The van der Waals surface area contributed by atoms with E-state index < -0.39 is 4.92 Å². The van der Waals surface area contributed by atoms with Crippen LogP contribution in [0.25, 0.3) is 0 Å². The summed E-state index contributed by atoms with van der Waals surface area (Å²) in [5.74, 6) is 0.357. The first-order chi connectivity index (χ1) is 11.0. The monoisotopic (exact) mass is 310 g/mol. The second-order valence-corrected chi connectivity index (χ2v) is 5.91. The predicted molar refractivity (Wildman–Crippen MR) is 87.7 cm³/mol. The first kappa shape index (κ1) is 15.2. The molecular weight excluding hydrogens is 292 g/mol. The van der Waals surface area contributed by atoms with Crippen molar-refractivity contribution >= 4 is 11.6 Å². The number of carbonyl (C=O) groups excluding carboxylic acids is 1. The molecule has 0 aromatic heterocycles. The molecule has 2 atom stereocenters. The number of amides is 1. The highest BCUT2D eigenvalue weighted by Crippen LogP contribution is 2.41. The number of rotatable bonds is 3. The standard InChI is InChI=1S/C18H18N2O3/c1-12(21)19-15-10-14-4-2-3-5-17(14)18(11-15)13-6-8-16(9-7-13)20(22)23/h2,4,6-11,17-18H,3,5H2,1H3,(H,19,21). The van der Waals surface area contributed by atoms with Crippen LogP contribution in [0.5, 0.6) is 0 Å². The summed E-state index contributed by atoms with van der Waals surface area (Å²) in [5, 5.41) is 13.7. The van der Waals surface area contributed by atoms with Gasteiger partial charge in [0.25, 0.3) is 5.69 Å². The molecule has 1 aromatic rings. The van der Waals surface area contributed by atoms with Crippen LogP contribution in [0, 0.1) is 16.0 Å². The Hall–Kier alpha value is -2.69. The molecule has 1 aromatic carbocycles. The van der Waals surface area contributed by atoms with Crippen molar-refractivity contribution in [3.63, 3.8) is 0 Å². The minimum Gasteiger partial charge on any atom is -0.327 e. The molecule has 1 N–H and O–H groups in total. The highest BCUT2D eigenvalue weighted by atomic mass is 16.6. The van der Waals surface area contributed by atoms with Gasteiger partial charge in [0.2, 0.25) is 5.91 Å². The van der Waals surface area contributed by atoms with Gasteiger partial charge in [-0.25, -0.2) is 0 Å². The molecule has 0 bridgehead atoms. The maximum absolute atomic E-state index is 11.4. The molecule has 5 nitrogen and oxygen atoms in total. The molecule has 3 rings (SSSR count). The molecule has 118 valence electrons. The third kappa shape index (κ3) is 3.23. The van der Waals surface area contributed by atoms with Crippen molar-refractivity contribution < 1.29 is 9.72 Å². The second kappa shape index (κ2) is 6.20. The number of fused-ring (bicyclic) bond motifs is 1. The number of benzene rings is 1. The Morgan fingerprint density at radius 3 is 2.70 bits per heavy atom. The van der Waals surface area contributed by atoms with Crippen molar-refractivity contribution in [3.05, 3.63) is 75.5 Å². The fourth-order valence-corrected chi connectivity index (χ4v) is 3.29. The average Bonchev–Trinajstić information content (AvgIpc) is 2.53. The lowest BCUT2D eigenvalue weighted by molar-refractivity contribution is -0.384. The van der Waals surface area contributed by atoms with E-state index in [2.05, 4.69) is 23.5 Å². The minimum absolute atomic E-state index is 0.0925. The predicted octanol–water partition coefficient (Wildman–Crippen LogP) is 3.60. The Labute approximate surface area is 134 Å². The number of hydrogen-bond donors (Lipinski definition) is 1. The lowest BCUT2D eigenvalue weighted by atomic mass is 9.73. The summed E-state index contributed by atoms with van der Waals surface area (Å²) in [7, 11) is 0. The van der Waals surface area contributed by atoms with E-state index in [1.54, 1.807) is 0 Å². The number of nitro benzene ring substituents is 1. The first-order valence-corrected chi connectivity index (χ1v) is 7.66. The molecule has 0 saturated heterocycles. The molecule has 2 aliphatic rings. The van der Waals surface area contributed by atoms with Gasteiger partial charge in [0.05, 0.1) is 4.92 Å². The smallest absolute Gasteiger partial charge is 0.269 e. The molecule has 0 heterocycles. The van der Waals surface area contributed by atoms with Gasteiger partial charge in [-0.1, -0.05) is 30.4 Å². The number of nitrogens with zero attached hydrogens (tertiary/aromatic N) is 1. The molecule has 0 aliphatic heterocycles. The van der Waals surface area contributed by atoms with E-state index in [9.17, 15) is 14.9 Å². The van der Waals surface area contributed by atoms with Gasteiger partial charge in [-0.15, -0.1) is 0 Å². The number of non-ortho nitro benzene ring substituents is 1. The number of allylic oxidation sites excluding steroid dienone is 5. The maximum atomic E-state index is 11.4. The van der Waals surface area contributed by atoms with E-state index in [4.69, 9.17) is 0 Å². The van der Waals surface area contributed by atoms with Gasteiger partial charge in [0.15, 0.2) is 0 Å². The van der Waals surface area contributed by atoms with Crippen LogP contribution >= 0.6 is 0 Å². The van der Waals surface area contributed by atoms with Gasteiger partial charge in [0.1, 0.15) is 0 Å². The summed E-state index contributed by atoms with van der Waals surface area (Å²) in [4.78, 5) is 21.8. The van der Waals surface area contributed by atoms with Crippen molar-refractivity contribution in [1.82, 2.24) is 5.32 Å². The summed E-state index contributed by atoms with van der Waals surface area (Å²) < 4.78 is 0. The van der Waals surface area contributed by atoms with E-state index in [0.29, 0.717) is 5.92 Å². The summed E-state index contributed by atoms with van der Waals surface area (Å²) in [6.45, 7) is 1.49. The molecule has 23 heavy (non-hydrogen) atoms. The van der Waals surface area contributed by atoms with Crippen LogP contribution in [-0.2, 0) is 4.79 Å². The van der Waals surface area contributed by atoms with E-state index in [1.807, 2.05) is 18.2 Å². The molecule has 5 heteroatoms. The Morgan fingerprint density at radius 2 is 2.04 bits per heavy atom. The number of nitro groups is 1. The SMILES string of the molecule is CC(=O)NC1=CC(c2ccc([N+](=O)[O-])cc2)C2CCC=CC2=C1. The zero-order valence-corrected chi connectivity index (χ0v) is 12.9. The van der Waals surface area contributed by atoms with Crippen molar-refractivity contribution in [2.45, 2.75) is 25.7 Å². The average molecular weight is 310 g/mol. The van der Waals surface area contributed by atoms with Crippen LogP contribution in [0.4, 0.5) is 5.69 Å². The fraction of sp³-hybridized carbons (Fsp3) is 0.278. The van der Waals surface area contributed by atoms with Crippen molar-refractivity contribution in [2.75, 3.05) is 0 Å². The molecule has 2 aliphatic carbocycles. The van der Waals surface area contributed by atoms with Gasteiger partial charge in [-0.3, -0.25) is 14.9 Å². The second-order valence-electron chi connectivity index (χ2n) is 5.91. The zero-order valence-electron chi connectivity index (χ0n) is 12.9. The van der Waals surface area contributed by atoms with Crippen LogP contribution in [0.1, 0.15) is 31.2 Å². The van der Waals surface area contributed by atoms with Crippen LogP contribution < -0.4 is 5.32 Å². The molecule has 0 spiro atoms. The van der Waals surface area contributed by atoms with Gasteiger partial charge < -0.3 is 5.32 Å². The summed E-state index contributed by atoms with van der Waals surface area (Å²) in [6, 6.07) is 6.70. The molecule has 0 radical (unpaired) electrons. The Bertz CT molecular complexity index is 729. The quantitative estimate of drug-likeness (QED) is 0.685. The van der Waals surface area contributed by atoms with Gasteiger partial charge in [-0.05, 0) is 36.0 Å². The van der Waals surface area contributed by atoms with Gasteiger partial charge >= 0.3 is 0 Å². The first-order valence-electron chi connectivity index (χ1n) is 7.66. The third-order valence-corrected chi connectivity index (χ3v) is 4.31. The lowest BCUT2D eigenvalue weighted by Crippen LogP contribution is -2.25. The number of nitrogens with one attached hydrogen (secondary N) is 1. The summed E-state index contributed by atoms with van der Waals surface area (Å²) in [6.07, 6.45) is 10.4. The third-order valence-electron chi connectivity index (χ3n) is 4.31. The molecule has 2 unspecified atom stereocenters. The van der Waals surface area contributed by atoms with Crippen LogP contribution in [0.3, 0.4) is 0 Å². The highest BCUT2D eigenvalue weighted by Gasteiger charge is 2.29. The van der Waals surface area contributed by atoms with Crippen molar-refractivity contribution in [1.29, 1.82) is 0 Å². The van der Waals surface area contributed by atoms with E-state index in [0.717, 1.165) is 24.1 Å². The molecule has 1 amide bonds. The van der Waals surface area contributed by atoms with Crippen LogP contribution in [0.15, 0.2) is 59.8 Å². The van der Waals surface area contributed by atoms with E-state index in [1.165, 1.54) is 24.6 Å². The largest absolute Gasteiger partial charge is 0.327 e. The minimum atomic E-state index is -0.391. The van der Waals surface area contributed by atoms with Gasteiger partial charge in [-0.2, -0.15) is 0 Å². The molecular formula is C18H18N2O3. The van der Waals surface area contributed by atoms with E-state index in [-0.39, 0.29) is 17.5 Å². The Morgan fingerprint density at radius 1 is 1.30 bits per heavy atom. The maximum Gasteiger partial charge on any atom is 0.269 e. The lowest BCUT2D eigenvalue weighted by Gasteiger charge is -2.32. The number of hydrogen-bond acceptors (Lipinski definition) is 3. The highest BCUT2D eigenvalue weighted by molar-refractivity contribution is 5.76. The van der Waals surface area contributed by atoms with Crippen LogP contribution in [-0.4, -0.2) is 10.8 Å². The molecule has 0 saturated carbocycles. The topological polar surface area (TPSA) is 72.2 Å². The van der Waals surface area contributed by atoms with Crippen molar-refractivity contribution in [3.8, 4) is 0 Å². The Kier molecular flexibility index (Phi) is 4.10. The van der Waals surface area contributed by atoms with E-state index >= 15 is 0 Å². The van der Waals surface area contributed by atoms with Gasteiger partial charge in [0, 0.05) is 30.7 Å². The zero-order chi connectivity index (χ0) is 16.4. The molecule has 0 fully saturated rings. The van der Waals surface area contributed by atoms with Crippen molar-refractivity contribution in [2.24, 2.45) is 5.92 Å². The normalized spacial score (nSPS) is 22.7.